The van der Waals surface area contributed by atoms with E-state index in [2.05, 4.69) is 41.5 Å². The molecule has 0 aliphatic heterocycles. The first-order valence-corrected chi connectivity index (χ1v) is 6.48. The van der Waals surface area contributed by atoms with E-state index in [1.165, 1.54) is 6.33 Å². The Kier molecular flexibility index (Phi) is 4.46. The molecule has 2 N–H and O–H groups in total. The molecule has 6 heteroatoms. The Morgan fingerprint density at radius 1 is 1.11 bits per heavy atom. The minimum Gasteiger partial charge on any atom is -0.369 e. The SMILES string of the molecule is CCNc1ncnc(NCc2ccccn2)c1Br. The summed E-state index contributed by atoms with van der Waals surface area (Å²) in [5, 5.41) is 6.39. The van der Waals surface area contributed by atoms with Crippen molar-refractivity contribution < 1.29 is 0 Å². The lowest BCUT2D eigenvalue weighted by atomic mass is 10.3. The monoisotopic (exact) mass is 307 g/mol. The van der Waals surface area contributed by atoms with Gasteiger partial charge >= 0.3 is 0 Å². The maximum Gasteiger partial charge on any atom is 0.146 e. The van der Waals surface area contributed by atoms with E-state index in [4.69, 9.17) is 0 Å². The van der Waals surface area contributed by atoms with Crippen molar-refractivity contribution in [2.75, 3.05) is 17.2 Å². The summed E-state index contributed by atoms with van der Waals surface area (Å²) >= 11 is 3.49. The Balaban J connectivity index is 2.08. The fourth-order valence-corrected chi connectivity index (χ4v) is 1.95. The van der Waals surface area contributed by atoms with Gasteiger partial charge < -0.3 is 10.6 Å². The highest BCUT2D eigenvalue weighted by atomic mass is 79.9. The zero-order valence-corrected chi connectivity index (χ0v) is 11.6. The van der Waals surface area contributed by atoms with Crippen molar-refractivity contribution in [2.45, 2.75) is 13.5 Å². The van der Waals surface area contributed by atoms with Gasteiger partial charge in [-0.3, -0.25) is 4.98 Å². The standard InChI is InChI=1S/C12H14BrN5/c1-2-14-11-10(13)12(18-8-17-11)16-7-9-5-3-4-6-15-9/h3-6,8H,2,7H2,1H3,(H2,14,16,17,18). The largest absolute Gasteiger partial charge is 0.369 e. The lowest BCUT2D eigenvalue weighted by Gasteiger charge is -2.10. The smallest absolute Gasteiger partial charge is 0.146 e. The van der Waals surface area contributed by atoms with Crippen LogP contribution in [-0.4, -0.2) is 21.5 Å². The van der Waals surface area contributed by atoms with E-state index in [1.807, 2.05) is 25.1 Å². The summed E-state index contributed by atoms with van der Waals surface area (Å²) < 4.78 is 0.836. The minimum absolute atomic E-state index is 0.627. The van der Waals surface area contributed by atoms with Crippen LogP contribution in [0.3, 0.4) is 0 Å². The highest BCUT2D eigenvalue weighted by Crippen LogP contribution is 2.26. The molecule has 0 aliphatic carbocycles. The fraction of sp³-hybridized carbons (Fsp3) is 0.250. The minimum atomic E-state index is 0.627. The second kappa shape index (κ2) is 6.30. The molecular formula is C12H14BrN5. The molecule has 0 bridgehead atoms. The van der Waals surface area contributed by atoms with Gasteiger partial charge in [0.2, 0.25) is 0 Å². The van der Waals surface area contributed by atoms with Gasteiger partial charge in [-0.05, 0) is 35.0 Å². The van der Waals surface area contributed by atoms with Crippen LogP contribution in [0.15, 0.2) is 35.2 Å². The second-order valence-electron chi connectivity index (χ2n) is 3.59. The van der Waals surface area contributed by atoms with Crippen LogP contribution in [-0.2, 0) is 6.54 Å². The Labute approximate surface area is 114 Å². The normalized spacial score (nSPS) is 10.1. The first-order valence-electron chi connectivity index (χ1n) is 5.69. The number of rotatable bonds is 5. The highest BCUT2D eigenvalue weighted by molar-refractivity contribution is 9.10. The van der Waals surface area contributed by atoms with Crippen molar-refractivity contribution in [1.82, 2.24) is 15.0 Å². The number of hydrogen-bond acceptors (Lipinski definition) is 5. The van der Waals surface area contributed by atoms with Crippen LogP contribution in [0.25, 0.3) is 0 Å². The van der Waals surface area contributed by atoms with Gasteiger partial charge in [-0.2, -0.15) is 0 Å². The molecule has 5 nitrogen and oxygen atoms in total. The number of hydrogen-bond donors (Lipinski definition) is 2. The van der Waals surface area contributed by atoms with Gasteiger partial charge in [-0.25, -0.2) is 9.97 Å². The molecule has 18 heavy (non-hydrogen) atoms. The molecule has 0 fully saturated rings. The van der Waals surface area contributed by atoms with Crippen LogP contribution in [0.5, 0.6) is 0 Å². The predicted octanol–water partition coefficient (Wildman–Crippen LogP) is 2.68. The van der Waals surface area contributed by atoms with Crippen LogP contribution in [0.1, 0.15) is 12.6 Å². The molecule has 2 aromatic rings. The van der Waals surface area contributed by atoms with Crippen LogP contribution < -0.4 is 10.6 Å². The van der Waals surface area contributed by atoms with E-state index in [9.17, 15) is 0 Å². The summed E-state index contributed by atoms with van der Waals surface area (Å²) in [7, 11) is 0. The summed E-state index contributed by atoms with van der Waals surface area (Å²) in [6.45, 7) is 3.47. The van der Waals surface area contributed by atoms with E-state index in [0.717, 1.165) is 28.3 Å². The summed E-state index contributed by atoms with van der Waals surface area (Å²) in [5.74, 6) is 1.54. The lowest BCUT2D eigenvalue weighted by Crippen LogP contribution is -2.07. The topological polar surface area (TPSA) is 62.7 Å². The number of pyridine rings is 1. The van der Waals surface area contributed by atoms with Crippen LogP contribution in [0, 0.1) is 0 Å². The van der Waals surface area contributed by atoms with E-state index >= 15 is 0 Å². The molecule has 0 saturated carbocycles. The maximum absolute atomic E-state index is 4.25. The lowest BCUT2D eigenvalue weighted by molar-refractivity contribution is 1.01. The molecule has 0 saturated heterocycles. The van der Waals surface area contributed by atoms with Gasteiger partial charge in [0, 0.05) is 12.7 Å². The summed E-state index contributed by atoms with van der Waals surface area (Å²) in [4.78, 5) is 12.6. The van der Waals surface area contributed by atoms with Gasteiger partial charge in [0.15, 0.2) is 0 Å². The van der Waals surface area contributed by atoms with Gasteiger partial charge in [-0.15, -0.1) is 0 Å². The number of anilines is 2. The molecule has 0 aromatic carbocycles. The summed E-state index contributed by atoms with van der Waals surface area (Å²) in [5.41, 5.74) is 0.966. The molecule has 0 aliphatic rings. The van der Waals surface area contributed by atoms with E-state index in [1.54, 1.807) is 6.20 Å². The second-order valence-corrected chi connectivity index (χ2v) is 4.38. The zero-order valence-electron chi connectivity index (χ0n) is 10.0. The Morgan fingerprint density at radius 3 is 2.56 bits per heavy atom. The van der Waals surface area contributed by atoms with Gasteiger partial charge in [0.25, 0.3) is 0 Å². The third-order valence-electron chi connectivity index (χ3n) is 2.30. The number of nitrogens with zero attached hydrogens (tertiary/aromatic N) is 3. The highest BCUT2D eigenvalue weighted by Gasteiger charge is 2.07. The quantitative estimate of drug-likeness (QED) is 0.889. The van der Waals surface area contributed by atoms with Crippen molar-refractivity contribution >= 4 is 27.6 Å². The van der Waals surface area contributed by atoms with Gasteiger partial charge in [-0.1, -0.05) is 6.07 Å². The molecule has 0 spiro atoms. The molecule has 2 heterocycles. The molecule has 0 amide bonds. The predicted molar refractivity (Wildman–Crippen MR) is 75.5 cm³/mol. The summed E-state index contributed by atoms with van der Waals surface area (Å²) in [6, 6.07) is 5.82. The van der Waals surface area contributed by atoms with Gasteiger partial charge in [0.05, 0.1) is 12.2 Å². The van der Waals surface area contributed by atoms with Crippen molar-refractivity contribution in [2.24, 2.45) is 0 Å². The molecule has 0 atom stereocenters. The maximum atomic E-state index is 4.25. The van der Waals surface area contributed by atoms with Crippen LogP contribution in [0.2, 0.25) is 0 Å². The van der Waals surface area contributed by atoms with Crippen molar-refractivity contribution in [3.63, 3.8) is 0 Å². The molecule has 2 aromatic heterocycles. The third-order valence-corrected chi connectivity index (χ3v) is 3.05. The average molecular weight is 308 g/mol. The van der Waals surface area contributed by atoms with Crippen molar-refractivity contribution in [1.29, 1.82) is 0 Å². The number of halogens is 1. The molecule has 0 unspecified atom stereocenters. The summed E-state index contributed by atoms with van der Waals surface area (Å²) in [6.07, 6.45) is 3.31. The first-order chi connectivity index (χ1) is 8.81. The Morgan fingerprint density at radius 2 is 1.89 bits per heavy atom. The average Bonchev–Trinajstić information content (AvgIpc) is 2.41. The number of aromatic nitrogens is 3. The third kappa shape index (κ3) is 3.16. The van der Waals surface area contributed by atoms with E-state index in [0.29, 0.717) is 6.54 Å². The number of nitrogens with one attached hydrogen (secondary N) is 2. The van der Waals surface area contributed by atoms with E-state index in [-0.39, 0.29) is 0 Å². The van der Waals surface area contributed by atoms with Crippen molar-refractivity contribution in [3.05, 3.63) is 40.9 Å². The molecule has 0 radical (unpaired) electrons. The fourth-order valence-electron chi connectivity index (χ4n) is 1.46. The molecule has 94 valence electrons. The van der Waals surface area contributed by atoms with Gasteiger partial charge in [0.1, 0.15) is 22.4 Å². The molecule has 2 rings (SSSR count). The zero-order chi connectivity index (χ0) is 12.8. The van der Waals surface area contributed by atoms with Crippen LogP contribution >= 0.6 is 15.9 Å². The molecular weight excluding hydrogens is 294 g/mol. The van der Waals surface area contributed by atoms with Crippen molar-refractivity contribution in [3.8, 4) is 0 Å². The Hall–Kier alpha value is -1.69. The van der Waals surface area contributed by atoms with E-state index < -0.39 is 0 Å². The van der Waals surface area contributed by atoms with Crippen LogP contribution in [0.4, 0.5) is 11.6 Å². The Bertz CT molecular complexity index is 503. The first kappa shape index (κ1) is 12.8.